The average Bonchev–Trinajstić information content (AvgIpc) is 3.26. The number of rotatable bonds is 9. The van der Waals surface area contributed by atoms with Gasteiger partial charge in [-0.2, -0.15) is 0 Å². The van der Waals surface area contributed by atoms with E-state index in [0.29, 0.717) is 22.5 Å². The van der Waals surface area contributed by atoms with Gasteiger partial charge in [0.25, 0.3) is 0 Å². The first-order valence-electron chi connectivity index (χ1n) is 13.5. The van der Waals surface area contributed by atoms with Crippen molar-refractivity contribution in [2.45, 2.75) is 13.0 Å². The average molecular weight is 600 g/mol. The molecule has 1 fully saturated rings. The number of hydrogen-bond acceptors (Lipinski definition) is 6. The molecule has 2 bridgehead atoms. The molecule has 2 amide bonds. The summed E-state index contributed by atoms with van der Waals surface area (Å²) in [5.41, 5.74) is 1.62. The van der Waals surface area contributed by atoms with Gasteiger partial charge in [0.1, 0.15) is 0 Å². The summed E-state index contributed by atoms with van der Waals surface area (Å²) in [5, 5.41) is 2.92. The van der Waals surface area contributed by atoms with Crippen molar-refractivity contribution in [2.24, 2.45) is 0 Å². The van der Waals surface area contributed by atoms with Gasteiger partial charge in [0.2, 0.25) is 0 Å². The van der Waals surface area contributed by atoms with E-state index in [4.69, 9.17) is 8.25 Å². The van der Waals surface area contributed by atoms with E-state index < -0.39 is 29.3 Å². The Balaban J connectivity index is 1.51. The Morgan fingerprint density at radius 1 is 0.833 bits per heavy atom. The van der Waals surface area contributed by atoms with Crippen LogP contribution in [0.5, 0.6) is 0 Å². The molecule has 1 aromatic heterocycles. The van der Waals surface area contributed by atoms with Crippen LogP contribution < -0.4 is 15.9 Å². The van der Waals surface area contributed by atoms with Gasteiger partial charge in [-0.15, -0.1) is 0 Å². The van der Waals surface area contributed by atoms with Gasteiger partial charge in [-0.05, 0) is 0 Å². The van der Waals surface area contributed by atoms with Gasteiger partial charge in [-0.3, -0.25) is 0 Å². The molecule has 3 aromatic carbocycles. The number of hydroxylamine groups is 2. The zero-order valence-electron chi connectivity index (χ0n) is 22.9. The van der Waals surface area contributed by atoms with Crippen LogP contribution in [0.4, 0.5) is 4.79 Å². The Morgan fingerprint density at radius 2 is 1.36 bits per heavy atom. The quantitative estimate of drug-likeness (QED) is 0.258. The van der Waals surface area contributed by atoms with E-state index in [0.717, 1.165) is 16.2 Å². The van der Waals surface area contributed by atoms with E-state index in [1.165, 1.54) is 0 Å². The normalized spacial score (nSPS) is 18.1. The number of hydrogen-bond donors (Lipinski definition) is 0. The van der Waals surface area contributed by atoms with Gasteiger partial charge in [0, 0.05) is 0 Å². The van der Waals surface area contributed by atoms with Crippen molar-refractivity contribution in [1.82, 2.24) is 14.9 Å². The van der Waals surface area contributed by atoms with Crippen LogP contribution in [0.2, 0.25) is 0 Å². The third-order valence-corrected chi connectivity index (χ3v) is 14.8. The van der Waals surface area contributed by atoms with Crippen LogP contribution in [0.15, 0.2) is 133 Å². The second-order valence-electron chi connectivity index (χ2n) is 10.1. The Morgan fingerprint density at radius 3 is 1.86 bits per heavy atom. The van der Waals surface area contributed by atoms with Crippen LogP contribution in [-0.2, 0) is 18.7 Å². The van der Waals surface area contributed by atoms with Crippen LogP contribution in [-0.4, -0.2) is 48.5 Å². The standard InChI is InChI=1S/C32H30N3O5PS/c1-2-24-41(27-12-6-3-7-13-27,28-14-8-4-9-15-28,29-16-10-5-11-17-29)40-42(37,38)39-35-31-25-34(32(35)36)23-20-30(31)26-18-21-33-22-19-26/h2-22,24,31H,23,25H2,1H3. The first-order valence-corrected chi connectivity index (χ1v) is 17.1. The van der Waals surface area contributed by atoms with E-state index in [1.54, 1.807) is 17.3 Å². The molecule has 2 aliphatic rings. The predicted molar refractivity (Wildman–Crippen MR) is 166 cm³/mol. The second kappa shape index (κ2) is 10.9. The van der Waals surface area contributed by atoms with Crippen molar-refractivity contribution >= 4 is 44.7 Å². The summed E-state index contributed by atoms with van der Waals surface area (Å²) in [5.74, 6) is 1.85. The van der Waals surface area contributed by atoms with Crippen molar-refractivity contribution in [3.63, 3.8) is 0 Å². The minimum atomic E-state index is -4.88. The van der Waals surface area contributed by atoms with E-state index in [2.05, 4.69) is 4.98 Å². The first kappa shape index (κ1) is 28.0. The summed E-state index contributed by atoms with van der Waals surface area (Å²) >= 11 is 0. The molecule has 2 aliphatic heterocycles. The summed E-state index contributed by atoms with van der Waals surface area (Å²) in [4.78, 5) is 19.0. The Hall–Kier alpha value is -4.14. The summed E-state index contributed by atoms with van der Waals surface area (Å²) in [6.07, 6.45) is 7.04. The van der Waals surface area contributed by atoms with Gasteiger partial charge >= 0.3 is 246 Å². The van der Waals surface area contributed by atoms with Crippen molar-refractivity contribution in [3.8, 4) is 0 Å². The zero-order chi connectivity index (χ0) is 29.2. The molecule has 4 aromatic rings. The van der Waals surface area contributed by atoms with Gasteiger partial charge in [-0.25, -0.2) is 0 Å². The fourth-order valence-corrected chi connectivity index (χ4v) is 13.4. The number of urea groups is 1. The summed E-state index contributed by atoms with van der Waals surface area (Å²) < 4.78 is 40.8. The molecule has 0 radical (unpaired) electrons. The van der Waals surface area contributed by atoms with Gasteiger partial charge in [0.05, 0.1) is 0 Å². The molecular weight excluding hydrogens is 569 g/mol. The minimum absolute atomic E-state index is 0.289. The van der Waals surface area contributed by atoms with Crippen LogP contribution in [0.1, 0.15) is 12.5 Å². The number of pyridine rings is 1. The zero-order valence-corrected chi connectivity index (χ0v) is 24.6. The topological polar surface area (TPSA) is 89.0 Å². The number of allylic oxidation sites excluding steroid dienone is 1. The molecule has 1 unspecified atom stereocenters. The molecule has 3 heterocycles. The molecule has 6 rings (SSSR count). The molecule has 0 spiro atoms. The van der Waals surface area contributed by atoms with Crippen LogP contribution in [0, 0.1) is 0 Å². The van der Waals surface area contributed by atoms with E-state index >= 15 is 0 Å². The predicted octanol–water partition coefficient (Wildman–Crippen LogP) is 4.76. The molecule has 214 valence electrons. The fraction of sp³-hybridized carbons (Fsp3) is 0.125. The van der Waals surface area contributed by atoms with E-state index in [-0.39, 0.29) is 6.54 Å². The molecule has 10 heteroatoms. The fourth-order valence-electron chi connectivity index (χ4n) is 5.91. The molecule has 0 N–H and O–H groups in total. The molecule has 1 saturated heterocycles. The summed E-state index contributed by atoms with van der Waals surface area (Å²) in [6.45, 7) is -1.96. The van der Waals surface area contributed by atoms with E-state index in [9.17, 15) is 13.2 Å². The molecule has 0 aliphatic carbocycles. The van der Waals surface area contributed by atoms with Gasteiger partial charge in [-0.1, -0.05) is 0 Å². The van der Waals surface area contributed by atoms with Crippen molar-refractivity contribution in [1.29, 1.82) is 0 Å². The van der Waals surface area contributed by atoms with Crippen molar-refractivity contribution < 1.29 is 21.5 Å². The number of carbonyl (C=O) groups is 1. The molecule has 0 saturated carbocycles. The number of benzene rings is 3. The second-order valence-corrected chi connectivity index (χ2v) is 15.7. The monoisotopic (exact) mass is 599 g/mol. The van der Waals surface area contributed by atoms with Crippen LogP contribution in [0.25, 0.3) is 5.57 Å². The van der Waals surface area contributed by atoms with E-state index in [1.807, 2.05) is 128 Å². The number of fused-ring (bicyclic) bond motifs is 2. The van der Waals surface area contributed by atoms with Crippen LogP contribution in [0.3, 0.4) is 0 Å². The Labute approximate surface area is 245 Å². The number of nitrogens with zero attached hydrogens (tertiary/aromatic N) is 3. The third-order valence-electron chi connectivity index (χ3n) is 7.70. The third kappa shape index (κ3) is 4.55. The molecular formula is C32H30N3O5PS. The van der Waals surface area contributed by atoms with Crippen molar-refractivity contribution in [3.05, 3.63) is 139 Å². The summed E-state index contributed by atoms with van der Waals surface area (Å²) in [7, 11) is -4.88. The van der Waals surface area contributed by atoms with Gasteiger partial charge in [0.15, 0.2) is 0 Å². The SMILES string of the molecule is CC=CP(OS(=O)(=O)ON1C(=O)N2CC=C(c3ccncc3)C1C2)(c1ccccc1)(c1ccccc1)c1ccccc1. The number of aromatic nitrogens is 1. The number of amides is 2. The molecule has 1 atom stereocenters. The molecule has 42 heavy (non-hydrogen) atoms. The maximum absolute atomic E-state index is 14.3. The Bertz CT molecular complexity index is 1650. The van der Waals surface area contributed by atoms with Crippen molar-refractivity contribution in [2.75, 3.05) is 13.1 Å². The first-order chi connectivity index (χ1) is 20.4. The Kier molecular flexibility index (Phi) is 7.29. The maximum atomic E-state index is 14.3. The summed E-state index contributed by atoms with van der Waals surface area (Å²) in [6, 6.07) is 30.4. The molecule has 8 nitrogen and oxygen atoms in total. The van der Waals surface area contributed by atoms with Crippen LogP contribution >= 0.6 is 6.83 Å². The van der Waals surface area contributed by atoms with Gasteiger partial charge < -0.3 is 0 Å². The number of carbonyl (C=O) groups excluding carboxylic acids is 1.